The van der Waals surface area contributed by atoms with E-state index < -0.39 is 11.3 Å². The average molecular weight is 332 g/mol. The number of anilines is 1. The van der Waals surface area contributed by atoms with E-state index in [1.165, 1.54) is 0 Å². The second-order valence-corrected chi connectivity index (χ2v) is 5.69. The predicted octanol–water partition coefficient (Wildman–Crippen LogP) is 2.40. The molecule has 1 saturated heterocycles. The van der Waals surface area contributed by atoms with Crippen molar-refractivity contribution in [1.82, 2.24) is 9.88 Å². The summed E-state index contributed by atoms with van der Waals surface area (Å²) < 4.78 is 25.5. The highest BCUT2D eigenvalue weighted by Gasteiger charge is 2.41. The number of carbonyl (C=O) groups is 2. The molecule has 1 aromatic heterocycles. The van der Waals surface area contributed by atoms with Crippen molar-refractivity contribution in [2.75, 3.05) is 18.4 Å². The maximum atomic E-state index is 12.8. The lowest BCUT2D eigenvalue weighted by Gasteiger charge is -2.32. The van der Waals surface area contributed by atoms with Crippen LogP contribution in [0.25, 0.3) is 0 Å². The highest BCUT2D eigenvalue weighted by atomic mass is 35.5. The van der Waals surface area contributed by atoms with Crippen LogP contribution in [-0.4, -0.2) is 40.2 Å². The molecule has 0 atom stereocenters. The van der Waals surface area contributed by atoms with E-state index in [2.05, 4.69) is 10.3 Å². The first kappa shape index (κ1) is 16.6. The van der Waals surface area contributed by atoms with Crippen molar-refractivity contribution in [3.8, 4) is 0 Å². The summed E-state index contributed by atoms with van der Waals surface area (Å²) in [6, 6.07) is 5.27. The molecule has 2 amide bonds. The predicted molar refractivity (Wildman–Crippen MR) is 77.7 cm³/mol. The molecular formula is C14H16ClF2N3O2. The number of pyridine rings is 1. The molecule has 22 heavy (non-hydrogen) atoms. The summed E-state index contributed by atoms with van der Waals surface area (Å²) in [6.07, 6.45) is 0.632. The number of amides is 2. The molecule has 1 aliphatic heterocycles. The Bertz CT molecular complexity index is 569. The van der Waals surface area contributed by atoms with Crippen molar-refractivity contribution in [3.05, 3.63) is 23.9 Å². The highest BCUT2D eigenvalue weighted by molar-refractivity contribution is 6.32. The van der Waals surface area contributed by atoms with Crippen molar-refractivity contribution in [2.45, 2.75) is 25.1 Å². The van der Waals surface area contributed by atoms with Gasteiger partial charge in [0, 0.05) is 24.7 Å². The zero-order valence-corrected chi connectivity index (χ0v) is 12.7. The lowest BCUT2D eigenvalue weighted by atomic mass is 9.96. The third kappa shape index (κ3) is 4.13. The van der Waals surface area contributed by atoms with E-state index in [0.29, 0.717) is 18.7 Å². The molecule has 8 heteroatoms. The maximum Gasteiger partial charge on any atom is 0.399 e. The highest BCUT2D eigenvalue weighted by Crippen LogP contribution is 2.26. The Balaban J connectivity index is 1.89. The van der Waals surface area contributed by atoms with Crippen LogP contribution in [0.4, 0.5) is 14.6 Å². The normalized spacial score (nSPS) is 16.5. The van der Waals surface area contributed by atoms with Crippen molar-refractivity contribution in [3.63, 3.8) is 0 Å². The number of piperidine rings is 1. The first-order valence-electron chi connectivity index (χ1n) is 6.88. The summed E-state index contributed by atoms with van der Waals surface area (Å²) in [5.74, 6) is -1.51. The van der Waals surface area contributed by atoms with Gasteiger partial charge in [-0.3, -0.25) is 9.59 Å². The second kappa shape index (κ2) is 6.56. The zero-order chi connectivity index (χ0) is 16.3. The van der Waals surface area contributed by atoms with Crippen molar-refractivity contribution >= 4 is 29.2 Å². The van der Waals surface area contributed by atoms with E-state index in [9.17, 15) is 18.4 Å². The van der Waals surface area contributed by atoms with E-state index in [-0.39, 0.29) is 24.9 Å². The van der Waals surface area contributed by atoms with Crippen LogP contribution in [0.3, 0.4) is 0 Å². The van der Waals surface area contributed by atoms with Gasteiger partial charge in [-0.05, 0) is 43.5 Å². The molecule has 1 aromatic rings. The maximum absolute atomic E-state index is 12.8. The van der Waals surface area contributed by atoms with Gasteiger partial charge in [-0.25, -0.2) is 4.98 Å². The monoisotopic (exact) mass is 331 g/mol. The number of halogens is 3. The second-order valence-electron chi connectivity index (χ2n) is 5.22. The van der Waals surface area contributed by atoms with Gasteiger partial charge >= 0.3 is 11.3 Å². The van der Waals surface area contributed by atoms with Gasteiger partial charge in [0.15, 0.2) is 0 Å². The molecule has 5 nitrogen and oxygen atoms in total. The fourth-order valence-electron chi connectivity index (χ4n) is 2.37. The van der Waals surface area contributed by atoms with Gasteiger partial charge in [0.25, 0.3) is 0 Å². The van der Waals surface area contributed by atoms with Gasteiger partial charge in [-0.1, -0.05) is 6.07 Å². The van der Waals surface area contributed by atoms with E-state index in [1.54, 1.807) is 12.1 Å². The number of aryl methyl sites for hydroxylation is 1. The molecule has 0 bridgehead atoms. The van der Waals surface area contributed by atoms with Crippen LogP contribution in [0.1, 0.15) is 18.5 Å². The SMILES string of the molecule is Cc1cccc(NC(=O)C2CCN(C(=O)C(F)(F)Cl)CC2)n1. The number of hydrogen-bond acceptors (Lipinski definition) is 3. The summed E-state index contributed by atoms with van der Waals surface area (Å²) in [6.45, 7) is 1.98. The third-order valence-corrected chi connectivity index (χ3v) is 3.70. The molecule has 1 N–H and O–H groups in total. The lowest BCUT2D eigenvalue weighted by molar-refractivity contribution is -0.149. The number of aromatic nitrogens is 1. The van der Waals surface area contributed by atoms with Crippen molar-refractivity contribution in [2.24, 2.45) is 5.92 Å². The van der Waals surface area contributed by atoms with Crippen LogP contribution in [0, 0.1) is 12.8 Å². The molecule has 2 heterocycles. The van der Waals surface area contributed by atoms with Gasteiger partial charge in [-0.15, -0.1) is 0 Å². The van der Waals surface area contributed by atoms with Crippen molar-refractivity contribution in [1.29, 1.82) is 0 Å². The number of carbonyl (C=O) groups excluding carboxylic acids is 2. The van der Waals surface area contributed by atoms with Crippen LogP contribution in [-0.2, 0) is 9.59 Å². The van der Waals surface area contributed by atoms with Crippen LogP contribution >= 0.6 is 11.6 Å². The Labute approximate surface area is 131 Å². The summed E-state index contributed by atoms with van der Waals surface area (Å²) in [4.78, 5) is 28.6. The molecule has 0 radical (unpaired) electrons. The van der Waals surface area contributed by atoms with E-state index in [4.69, 9.17) is 11.6 Å². The molecule has 1 aliphatic rings. The molecular weight excluding hydrogens is 316 g/mol. The Morgan fingerprint density at radius 1 is 1.36 bits per heavy atom. The summed E-state index contributed by atoms with van der Waals surface area (Å²) >= 11 is 4.73. The Hall–Kier alpha value is -1.76. The van der Waals surface area contributed by atoms with Gasteiger partial charge in [0.2, 0.25) is 5.91 Å². The lowest BCUT2D eigenvalue weighted by Crippen LogP contribution is -2.46. The topological polar surface area (TPSA) is 62.3 Å². The fourth-order valence-corrected chi connectivity index (χ4v) is 2.48. The van der Waals surface area contributed by atoms with Crippen LogP contribution < -0.4 is 5.32 Å². The van der Waals surface area contributed by atoms with Crippen molar-refractivity contribution < 1.29 is 18.4 Å². The summed E-state index contributed by atoms with van der Waals surface area (Å²) in [5.41, 5.74) is 0.780. The Kier molecular flexibility index (Phi) is 4.95. The number of rotatable bonds is 3. The first-order valence-corrected chi connectivity index (χ1v) is 7.26. The molecule has 0 aromatic carbocycles. The quantitative estimate of drug-likeness (QED) is 0.865. The van der Waals surface area contributed by atoms with Gasteiger partial charge in [0.1, 0.15) is 5.82 Å². The smallest absolute Gasteiger partial charge is 0.336 e. The molecule has 0 unspecified atom stereocenters. The molecule has 0 aliphatic carbocycles. The summed E-state index contributed by atoms with van der Waals surface area (Å²) in [7, 11) is 0. The molecule has 2 rings (SSSR count). The Morgan fingerprint density at radius 3 is 2.55 bits per heavy atom. The third-order valence-electron chi connectivity index (χ3n) is 3.54. The molecule has 0 spiro atoms. The number of nitrogens with zero attached hydrogens (tertiary/aromatic N) is 2. The van der Waals surface area contributed by atoms with E-state index in [1.807, 2.05) is 13.0 Å². The number of alkyl halides is 3. The number of nitrogens with one attached hydrogen (secondary N) is 1. The van der Waals surface area contributed by atoms with Gasteiger partial charge in [-0.2, -0.15) is 8.78 Å². The van der Waals surface area contributed by atoms with Gasteiger partial charge in [0.05, 0.1) is 0 Å². The average Bonchev–Trinajstić information content (AvgIpc) is 2.45. The zero-order valence-electron chi connectivity index (χ0n) is 12.0. The molecule has 1 fully saturated rings. The van der Waals surface area contributed by atoms with Crippen LogP contribution in [0.15, 0.2) is 18.2 Å². The number of hydrogen-bond donors (Lipinski definition) is 1. The number of likely N-dealkylation sites (tertiary alicyclic amines) is 1. The molecule has 120 valence electrons. The first-order chi connectivity index (χ1) is 10.3. The minimum absolute atomic E-state index is 0.0838. The molecule has 0 saturated carbocycles. The fraction of sp³-hybridized carbons (Fsp3) is 0.500. The van der Waals surface area contributed by atoms with Crippen LogP contribution in [0.2, 0.25) is 0 Å². The van der Waals surface area contributed by atoms with E-state index in [0.717, 1.165) is 10.6 Å². The minimum Gasteiger partial charge on any atom is -0.336 e. The standard InChI is InChI=1S/C14H16ClF2N3O2/c1-9-3-2-4-11(18-9)19-12(21)10-5-7-20(8-6-10)13(22)14(15,16)17/h2-4,10H,5-8H2,1H3,(H,18,19,21). The summed E-state index contributed by atoms with van der Waals surface area (Å²) in [5, 5.41) is -1.19. The Morgan fingerprint density at radius 2 is 2.00 bits per heavy atom. The minimum atomic E-state index is -3.89. The van der Waals surface area contributed by atoms with Crippen LogP contribution in [0.5, 0.6) is 0 Å². The largest absolute Gasteiger partial charge is 0.399 e. The van der Waals surface area contributed by atoms with Gasteiger partial charge < -0.3 is 10.2 Å². The van der Waals surface area contributed by atoms with E-state index >= 15 is 0 Å².